The van der Waals surface area contributed by atoms with Gasteiger partial charge in [-0.25, -0.2) is 9.59 Å². The molecule has 0 amide bonds. The molecule has 1 aliphatic heterocycles. The number of carbonyl (C=O) groups excluding carboxylic acids is 2. The monoisotopic (exact) mass is 415 g/mol. The average Bonchev–Trinajstić information content (AvgIpc) is 3.11. The molecule has 2 aromatic rings. The van der Waals surface area contributed by atoms with Gasteiger partial charge in [0.15, 0.2) is 0 Å². The van der Waals surface area contributed by atoms with Gasteiger partial charge in [-0.05, 0) is 33.3 Å². The number of benzene rings is 1. The van der Waals surface area contributed by atoms with Crippen LogP contribution in [0.5, 0.6) is 0 Å². The summed E-state index contributed by atoms with van der Waals surface area (Å²) in [6, 6.07) is 9.89. The van der Waals surface area contributed by atoms with Crippen molar-refractivity contribution < 1.29 is 23.5 Å². The Kier molecular flexibility index (Phi) is 5.80. The fourth-order valence-electron chi connectivity index (χ4n) is 3.66. The third kappa shape index (κ3) is 3.33. The minimum absolute atomic E-state index is 0.0907. The molecule has 3 rings (SSSR count). The zero-order valence-electron chi connectivity index (χ0n) is 17.5. The van der Waals surface area contributed by atoms with Crippen LogP contribution in [0.4, 0.5) is 5.69 Å². The Labute approximate surface area is 174 Å². The Hall–Kier alpha value is -2.67. The van der Waals surface area contributed by atoms with Crippen molar-refractivity contribution in [2.24, 2.45) is 0 Å². The Bertz CT molecular complexity index is 979. The largest absolute Gasteiger partial charge is 0.465 e. The van der Waals surface area contributed by atoms with Gasteiger partial charge in [0.2, 0.25) is 5.76 Å². The molecule has 7 heteroatoms. The van der Waals surface area contributed by atoms with Gasteiger partial charge in [0.1, 0.15) is 21.8 Å². The van der Waals surface area contributed by atoms with Crippen molar-refractivity contribution in [2.75, 3.05) is 25.7 Å². The van der Waals surface area contributed by atoms with Crippen LogP contribution in [0.1, 0.15) is 59.9 Å². The Morgan fingerprint density at radius 2 is 1.72 bits per heavy atom. The lowest BCUT2D eigenvalue weighted by Crippen LogP contribution is -2.25. The number of furan rings is 1. The highest BCUT2D eigenvalue weighted by molar-refractivity contribution is 8.04. The van der Waals surface area contributed by atoms with Gasteiger partial charge in [-0.2, -0.15) is 0 Å². The number of allylic oxidation sites excluding steroid dienone is 2. The lowest BCUT2D eigenvalue weighted by atomic mass is 9.95. The van der Waals surface area contributed by atoms with E-state index in [0.717, 1.165) is 16.2 Å². The van der Waals surface area contributed by atoms with Crippen molar-refractivity contribution >= 4 is 29.4 Å². The molecule has 1 aliphatic rings. The number of ether oxygens (including phenoxy) is 2. The maximum Gasteiger partial charge on any atom is 0.374 e. The minimum atomic E-state index is -0.715. The van der Waals surface area contributed by atoms with Crippen LogP contribution in [0.15, 0.2) is 45.4 Å². The Balaban J connectivity index is 2.44. The maximum absolute atomic E-state index is 12.8. The molecule has 0 saturated carbocycles. The second-order valence-electron chi connectivity index (χ2n) is 6.85. The molecule has 0 bridgehead atoms. The van der Waals surface area contributed by atoms with Crippen molar-refractivity contribution in [1.29, 1.82) is 0 Å². The van der Waals surface area contributed by atoms with Crippen LogP contribution < -0.4 is 4.90 Å². The number of esters is 2. The third-order valence-corrected chi connectivity index (χ3v) is 6.69. The van der Waals surface area contributed by atoms with Gasteiger partial charge in [0, 0.05) is 17.1 Å². The molecule has 6 nitrogen and oxygen atoms in total. The molecule has 29 heavy (non-hydrogen) atoms. The van der Waals surface area contributed by atoms with Gasteiger partial charge in [-0.1, -0.05) is 30.3 Å². The van der Waals surface area contributed by atoms with Crippen LogP contribution in [0, 0.1) is 0 Å². The normalized spacial score (nSPS) is 18.9. The summed E-state index contributed by atoms with van der Waals surface area (Å²) >= 11 is 1.63. The number of rotatable bonds is 4. The van der Waals surface area contributed by atoms with Crippen LogP contribution in [-0.4, -0.2) is 32.7 Å². The zero-order valence-corrected chi connectivity index (χ0v) is 18.3. The molecule has 0 N–H and O–H groups in total. The lowest BCUT2D eigenvalue weighted by molar-refractivity contribution is 0.0527. The van der Waals surface area contributed by atoms with E-state index in [-0.39, 0.29) is 11.3 Å². The van der Waals surface area contributed by atoms with Crippen LogP contribution >= 0.6 is 11.8 Å². The van der Waals surface area contributed by atoms with E-state index in [1.165, 1.54) is 14.2 Å². The number of thioether (sulfide) groups is 1. The van der Waals surface area contributed by atoms with Crippen LogP contribution in [0.3, 0.4) is 0 Å². The first-order valence-electron chi connectivity index (χ1n) is 9.33. The SMILES string of the molecule is CCN1C(C)=C(C)SC(C)(c2ccccc2)c2oc(C(=O)OC)c(C(=O)OC)c21. The number of methoxy groups -OCH3 is 2. The average molecular weight is 416 g/mol. The number of carbonyl (C=O) groups is 2. The van der Waals surface area contributed by atoms with E-state index in [1.54, 1.807) is 11.8 Å². The van der Waals surface area contributed by atoms with Crippen LogP contribution in [0.25, 0.3) is 0 Å². The van der Waals surface area contributed by atoms with Crippen molar-refractivity contribution in [3.8, 4) is 0 Å². The summed E-state index contributed by atoms with van der Waals surface area (Å²) in [6.45, 7) is 8.66. The predicted molar refractivity (Wildman–Crippen MR) is 113 cm³/mol. The topological polar surface area (TPSA) is 69.0 Å². The number of hydrogen-bond acceptors (Lipinski definition) is 7. The van der Waals surface area contributed by atoms with E-state index in [1.807, 2.05) is 56.0 Å². The standard InChI is InChI=1S/C22H25NO5S/c1-7-23-13(2)14(3)29-22(4,15-11-9-8-10-12-15)19-17(23)16(20(24)26-5)18(28-19)21(25)27-6/h8-12H,7H2,1-6H3. The number of fused-ring (bicyclic) bond motifs is 1. The summed E-state index contributed by atoms with van der Waals surface area (Å²) in [5.41, 5.74) is 2.62. The fourth-order valence-corrected chi connectivity index (χ4v) is 5.01. The molecule has 0 fully saturated rings. The van der Waals surface area contributed by atoms with E-state index in [0.29, 0.717) is 18.0 Å². The number of nitrogens with zero attached hydrogens (tertiary/aromatic N) is 1. The van der Waals surface area contributed by atoms with Gasteiger partial charge >= 0.3 is 11.9 Å². The fraction of sp³-hybridized carbons (Fsp3) is 0.364. The van der Waals surface area contributed by atoms with Crippen molar-refractivity contribution in [3.63, 3.8) is 0 Å². The highest BCUT2D eigenvalue weighted by atomic mass is 32.2. The van der Waals surface area contributed by atoms with E-state index in [4.69, 9.17) is 13.9 Å². The smallest absolute Gasteiger partial charge is 0.374 e. The van der Waals surface area contributed by atoms with Gasteiger partial charge in [0.25, 0.3) is 0 Å². The van der Waals surface area contributed by atoms with Gasteiger partial charge in [-0.15, -0.1) is 11.8 Å². The summed E-state index contributed by atoms with van der Waals surface area (Å²) in [5.74, 6) is -0.972. The van der Waals surface area contributed by atoms with E-state index in [2.05, 4.69) is 6.92 Å². The summed E-state index contributed by atoms with van der Waals surface area (Å²) < 4.78 is 15.4. The van der Waals surface area contributed by atoms with Gasteiger partial charge in [0.05, 0.1) is 14.2 Å². The van der Waals surface area contributed by atoms with Gasteiger partial charge in [-0.3, -0.25) is 0 Å². The molecular weight excluding hydrogens is 390 g/mol. The molecule has 1 aromatic heterocycles. The molecule has 1 unspecified atom stereocenters. The predicted octanol–water partition coefficient (Wildman–Crippen LogP) is 4.94. The Morgan fingerprint density at radius 1 is 1.10 bits per heavy atom. The molecule has 1 atom stereocenters. The van der Waals surface area contributed by atoms with Crippen molar-refractivity contribution in [1.82, 2.24) is 0 Å². The van der Waals surface area contributed by atoms with Crippen LogP contribution in [0.2, 0.25) is 0 Å². The lowest BCUT2D eigenvalue weighted by Gasteiger charge is -2.28. The molecule has 0 saturated heterocycles. The molecular formula is C22H25NO5S. The third-order valence-electron chi connectivity index (χ3n) is 5.26. The Morgan fingerprint density at radius 3 is 2.28 bits per heavy atom. The number of anilines is 1. The molecule has 0 spiro atoms. The highest BCUT2D eigenvalue weighted by Crippen LogP contribution is 2.55. The highest BCUT2D eigenvalue weighted by Gasteiger charge is 2.45. The van der Waals surface area contributed by atoms with Crippen LogP contribution in [-0.2, 0) is 14.2 Å². The zero-order chi connectivity index (χ0) is 21.3. The molecule has 0 aliphatic carbocycles. The van der Waals surface area contributed by atoms with Gasteiger partial charge < -0.3 is 18.8 Å². The number of hydrogen-bond donors (Lipinski definition) is 0. The first-order chi connectivity index (χ1) is 13.8. The second kappa shape index (κ2) is 7.99. The molecule has 154 valence electrons. The molecule has 2 heterocycles. The first kappa shape index (κ1) is 21.0. The quantitative estimate of drug-likeness (QED) is 0.655. The van der Waals surface area contributed by atoms with E-state index < -0.39 is 16.7 Å². The minimum Gasteiger partial charge on any atom is -0.465 e. The van der Waals surface area contributed by atoms with Crippen molar-refractivity contribution in [3.05, 3.63) is 63.6 Å². The maximum atomic E-state index is 12.8. The summed E-state index contributed by atoms with van der Waals surface area (Å²) in [7, 11) is 2.55. The molecule has 0 radical (unpaired) electrons. The summed E-state index contributed by atoms with van der Waals surface area (Å²) in [5, 5.41) is 0. The first-order valence-corrected chi connectivity index (χ1v) is 10.1. The van der Waals surface area contributed by atoms with E-state index in [9.17, 15) is 9.59 Å². The van der Waals surface area contributed by atoms with Crippen molar-refractivity contribution in [2.45, 2.75) is 32.4 Å². The second-order valence-corrected chi connectivity index (χ2v) is 8.49. The molecule has 1 aromatic carbocycles. The summed E-state index contributed by atoms with van der Waals surface area (Å²) in [4.78, 5) is 28.3. The summed E-state index contributed by atoms with van der Waals surface area (Å²) in [6.07, 6.45) is 0. The van der Waals surface area contributed by atoms with E-state index >= 15 is 0 Å².